The largest absolute Gasteiger partial charge is 0.372 e. The summed E-state index contributed by atoms with van der Waals surface area (Å²) in [6.45, 7) is 10.9. The van der Waals surface area contributed by atoms with Crippen molar-refractivity contribution in [1.82, 2.24) is 9.80 Å². The molecule has 0 saturated carbocycles. The average Bonchev–Trinajstić information content (AvgIpc) is 2.75. The highest BCUT2D eigenvalue weighted by Gasteiger charge is 2.27. The second kappa shape index (κ2) is 7.99. The highest BCUT2D eigenvalue weighted by Crippen LogP contribution is 2.27. The van der Waals surface area contributed by atoms with E-state index in [1.807, 2.05) is 0 Å². The topological polar surface area (TPSA) is 42.7 Å². The Morgan fingerprint density at radius 2 is 2.00 bits per heavy atom. The predicted molar refractivity (Wildman–Crippen MR) is 105 cm³/mol. The molecule has 3 aliphatic rings. The van der Waals surface area contributed by atoms with Gasteiger partial charge in [-0.3, -0.25) is 4.90 Å². The second-order valence-corrected chi connectivity index (χ2v) is 7.41. The van der Waals surface area contributed by atoms with Crippen LogP contribution < -0.4 is 0 Å². The van der Waals surface area contributed by atoms with Gasteiger partial charge in [0.05, 0.1) is 5.70 Å². The Hall–Kier alpha value is -1.90. The predicted octanol–water partition coefficient (Wildman–Crippen LogP) is 3.93. The van der Waals surface area contributed by atoms with Crippen molar-refractivity contribution in [1.29, 1.82) is 5.41 Å². The van der Waals surface area contributed by atoms with Crippen LogP contribution in [0.4, 0.5) is 0 Å². The van der Waals surface area contributed by atoms with Gasteiger partial charge >= 0.3 is 0 Å². The zero-order valence-corrected chi connectivity index (χ0v) is 15.8. The van der Waals surface area contributed by atoms with Crippen molar-refractivity contribution in [3.63, 3.8) is 0 Å². The zero-order valence-electron chi connectivity index (χ0n) is 15.8. The first-order chi connectivity index (χ1) is 12.1. The number of nitrogens with zero attached hydrogens (tertiary/aromatic N) is 3. The monoisotopic (exact) mass is 338 g/mol. The molecule has 1 atom stereocenters. The van der Waals surface area contributed by atoms with Gasteiger partial charge in [-0.15, -0.1) is 0 Å². The van der Waals surface area contributed by atoms with Crippen molar-refractivity contribution in [2.24, 2.45) is 4.99 Å². The lowest BCUT2D eigenvalue weighted by atomic mass is 9.98. The molecule has 2 heterocycles. The van der Waals surface area contributed by atoms with Crippen molar-refractivity contribution < 1.29 is 0 Å². The number of piperazine rings is 1. The Labute approximate surface area is 151 Å². The van der Waals surface area contributed by atoms with Gasteiger partial charge < -0.3 is 10.3 Å². The number of rotatable bonds is 4. The van der Waals surface area contributed by atoms with E-state index in [1.54, 1.807) is 0 Å². The number of hydrogen-bond donors (Lipinski definition) is 1. The third-order valence-electron chi connectivity index (χ3n) is 5.58. The summed E-state index contributed by atoms with van der Waals surface area (Å²) in [6, 6.07) is 0.399. The molecule has 1 aliphatic carbocycles. The lowest BCUT2D eigenvalue weighted by Gasteiger charge is -2.41. The van der Waals surface area contributed by atoms with Crippen molar-refractivity contribution in [2.45, 2.75) is 52.5 Å². The van der Waals surface area contributed by atoms with E-state index < -0.39 is 0 Å². The van der Waals surface area contributed by atoms with E-state index in [4.69, 9.17) is 5.41 Å². The molecule has 0 bridgehead atoms. The minimum Gasteiger partial charge on any atom is -0.372 e. The van der Waals surface area contributed by atoms with Gasteiger partial charge in [0.15, 0.2) is 0 Å². The van der Waals surface area contributed by atoms with Crippen LogP contribution in [0.2, 0.25) is 0 Å². The maximum atomic E-state index is 7.35. The van der Waals surface area contributed by atoms with Crippen LogP contribution in [0.15, 0.2) is 45.3 Å². The number of allylic oxidation sites excluding steroid dienone is 5. The molecule has 1 unspecified atom stereocenters. The molecule has 0 spiro atoms. The van der Waals surface area contributed by atoms with E-state index in [2.05, 4.69) is 53.6 Å². The highest BCUT2D eigenvalue weighted by atomic mass is 15.3. The first-order valence-electron chi connectivity index (χ1n) is 9.42. The van der Waals surface area contributed by atoms with Crippen LogP contribution >= 0.6 is 0 Å². The van der Waals surface area contributed by atoms with Gasteiger partial charge in [-0.25, -0.2) is 4.99 Å². The maximum absolute atomic E-state index is 7.35. The molecule has 1 saturated heterocycles. The van der Waals surface area contributed by atoms with Crippen LogP contribution in [0.1, 0.15) is 46.5 Å². The molecule has 4 heteroatoms. The van der Waals surface area contributed by atoms with E-state index in [9.17, 15) is 0 Å². The second-order valence-electron chi connectivity index (χ2n) is 7.41. The quantitative estimate of drug-likeness (QED) is 0.789. The molecule has 0 amide bonds. The van der Waals surface area contributed by atoms with Crippen molar-refractivity contribution in [3.05, 3.63) is 40.3 Å². The molecule has 4 nitrogen and oxygen atoms in total. The summed E-state index contributed by atoms with van der Waals surface area (Å²) in [5.41, 5.74) is 6.46. The fourth-order valence-corrected chi connectivity index (χ4v) is 4.02. The van der Waals surface area contributed by atoms with Gasteiger partial charge in [-0.05, 0) is 57.6 Å². The summed E-state index contributed by atoms with van der Waals surface area (Å²) >= 11 is 0. The summed E-state index contributed by atoms with van der Waals surface area (Å²) in [4.78, 5) is 9.67. The van der Waals surface area contributed by atoms with Gasteiger partial charge in [-0.1, -0.05) is 11.6 Å². The molecule has 0 radical (unpaired) electrons. The molecule has 0 aromatic carbocycles. The molecule has 3 rings (SSSR count). The van der Waals surface area contributed by atoms with Gasteiger partial charge in [0.1, 0.15) is 0 Å². The first-order valence-corrected chi connectivity index (χ1v) is 9.42. The first kappa shape index (κ1) is 17.9. The lowest BCUT2D eigenvalue weighted by Crippen LogP contribution is -2.50. The number of hydrogen-bond acceptors (Lipinski definition) is 4. The fourth-order valence-electron chi connectivity index (χ4n) is 4.02. The van der Waals surface area contributed by atoms with Crippen molar-refractivity contribution in [2.75, 3.05) is 26.2 Å². The van der Waals surface area contributed by atoms with Crippen LogP contribution in [0.25, 0.3) is 0 Å². The lowest BCUT2D eigenvalue weighted by molar-refractivity contribution is 0.127. The average molecular weight is 338 g/mol. The highest BCUT2D eigenvalue weighted by molar-refractivity contribution is 5.65. The molecule has 1 fully saturated rings. The van der Waals surface area contributed by atoms with Crippen LogP contribution in [0.3, 0.4) is 0 Å². The molecule has 25 heavy (non-hydrogen) atoms. The van der Waals surface area contributed by atoms with E-state index in [1.165, 1.54) is 41.5 Å². The molecule has 2 aliphatic heterocycles. The molecule has 0 aromatic heterocycles. The van der Waals surface area contributed by atoms with Crippen LogP contribution in [0.5, 0.6) is 0 Å². The van der Waals surface area contributed by atoms with E-state index in [0.717, 1.165) is 38.3 Å². The SMILES string of the molecule is CC1=C=NC(CC=N)=C(C)CC1N1CCN(C2=CC(C)=CCC2)CC1. The molecule has 134 valence electrons. The van der Waals surface area contributed by atoms with E-state index >= 15 is 0 Å². The summed E-state index contributed by atoms with van der Waals surface area (Å²) in [5, 5.41) is 7.35. The Morgan fingerprint density at radius 3 is 2.68 bits per heavy atom. The van der Waals surface area contributed by atoms with Gasteiger partial charge in [0, 0.05) is 56.1 Å². The minimum atomic E-state index is 0.399. The smallest absolute Gasteiger partial charge is 0.0546 e. The van der Waals surface area contributed by atoms with Gasteiger partial charge in [0.25, 0.3) is 0 Å². The Kier molecular flexibility index (Phi) is 5.72. The molecular formula is C21H30N4. The third-order valence-corrected chi connectivity index (χ3v) is 5.58. The Bertz CT molecular complexity index is 681. The van der Waals surface area contributed by atoms with E-state index in [0.29, 0.717) is 12.5 Å². The minimum absolute atomic E-state index is 0.399. The standard InChI is InChI=1S/C21H30N4/c1-16-5-4-6-19(13-16)24-9-11-25(12-10-24)21-14-17(2)20(7-8-22)23-15-18(21)3/h5,8,13,21-22H,4,6-7,9-12,14H2,1-3H3. The summed E-state index contributed by atoms with van der Waals surface area (Å²) in [5.74, 6) is 3.24. The van der Waals surface area contributed by atoms with E-state index in [-0.39, 0.29) is 0 Å². The van der Waals surface area contributed by atoms with Crippen LogP contribution in [0, 0.1) is 5.41 Å². The van der Waals surface area contributed by atoms with Crippen molar-refractivity contribution in [3.8, 4) is 0 Å². The molecule has 1 N–H and O–H groups in total. The summed E-state index contributed by atoms with van der Waals surface area (Å²) in [7, 11) is 0. The fraction of sp³-hybridized carbons (Fsp3) is 0.571. The molecular weight excluding hydrogens is 308 g/mol. The van der Waals surface area contributed by atoms with Crippen molar-refractivity contribution >= 4 is 12.1 Å². The maximum Gasteiger partial charge on any atom is 0.0546 e. The zero-order chi connectivity index (χ0) is 17.8. The Balaban J connectivity index is 1.66. The Morgan fingerprint density at radius 1 is 1.24 bits per heavy atom. The summed E-state index contributed by atoms with van der Waals surface area (Å²) < 4.78 is 0. The van der Waals surface area contributed by atoms with Crippen LogP contribution in [-0.2, 0) is 0 Å². The number of nitrogens with one attached hydrogen (secondary N) is 1. The summed E-state index contributed by atoms with van der Waals surface area (Å²) in [6.07, 6.45) is 10.1. The third kappa shape index (κ3) is 4.20. The van der Waals surface area contributed by atoms with Gasteiger partial charge in [0.2, 0.25) is 0 Å². The normalized spacial score (nSPS) is 25.3. The van der Waals surface area contributed by atoms with Gasteiger partial charge in [-0.2, -0.15) is 0 Å². The molecule has 0 aromatic rings. The number of aliphatic imine (C=N–C) groups is 1. The van der Waals surface area contributed by atoms with Crippen LogP contribution in [-0.4, -0.2) is 54.1 Å².